The Morgan fingerprint density at radius 3 is 2.48 bits per heavy atom. The van der Waals surface area contributed by atoms with E-state index >= 15 is 0 Å². The highest BCUT2D eigenvalue weighted by atomic mass is 127. The molecule has 2 N–H and O–H groups in total. The van der Waals surface area contributed by atoms with Gasteiger partial charge in [0, 0.05) is 39.1 Å². The van der Waals surface area contributed by atoms with Crippen molar-refractivity contribution < 1.29 is 9.53 Å². The van der Waals surface area contributed by atoms with Crippen molar-refractivity contribution in [2.75, 3.05) is 33.2 Å². The summed E-state index contributed by atoms with van der Waals surface area (Å²) in [5.74, 6) is 0.794. The third-order valence-corrected chi connectivity index (χ3v) is 5.43. The molecule has 0 bridgehead atoms. The van der Waals surface area contributed by atoms with E-state index in [1.54, 1.807) is 7.05 Å². The molecule has 0 aromatic rings. The van der Waals surface area contributed by atoms with Crippen molar-refractivity contribution in [1.29, 1.82) is 0 Å². The Kier molecular flexibility index (Phi) is 13.1. The second-order valence-corrected chi connectivity index (χ2v) is 7.61. The fraction of sp³-hybridized carbons (Fsp3) is 0.900. The zero-order valence-electron chi connectivity index (χ0n) is 17.2. The molecule has 2 fully saturated rings. The summed E-state index contributed by atoms with van der Waals surface area (Å²) in [6, 6.07) is 0.492. The van der Waals surface area contributed by atoms with E-state index in [1.807, 2.05) is 0 Å². The lowest BCUT2D eigenvalue weighted by Gasteiger charge is -2.33. The van der Waals surface area contributed by atoms with E-state index in [0.717, 1.165) is 44.6 Å². The summed E-state index contributed by atoms with van der Waals surface area (Å²) < 4.78 is 5.49. The minimum Gasteiger partial charge on any atom is -0.462 e. The van der Waals surface area contributed by atoms with Crippen LogP contribution in [-0.2, 0) is 9.53 Å². The van der Waals surface area contributed by atoms with Gasteiger partial charge in [-0.05, 0) is 57.9 Å². The second kappa shape index (κ2) is 14.4. The lowest BCUT2D eigenvalue weighted by atomic mass is 10.0. The standard InChI is InChI=1S/C20H38N4O2.HI/c1-3-4-14-24-15-11-17(12-16-24)23-20(21-2)22-13-7-10-19(25)26-18-8-5-6-9-18;/h17-18H,3-16H2,1-2H3,(H2,21,22,23);1H. The van der Waals surface area contributed by atoms with Gasteiger partial charge in [0.15, 0.2) is 5.96 Å². The van der Waals surface area contributed by atoms with Crippen LogP contribution >= 0.6 is 24.0 Å². The van der Waals surface area contributed by atoms with Crippen molar-refractivity contribution in [3.63, 3.8) is 0 Å². The van der Waals surface area contributed by atoms with Gasteiger partial charge in [-0.1, -0.05) is 13.3 Å². The van der Waals surface area contributed by atoms with E-state index in [4.69, 9.17) is 4.74 Å². The number of hydrogen-bond acceptors (Lipinski definition) is 4. The van der Waals surface area contributed by atoms with Gasteiger partial charge >= 0.3 is 5.97 Å². The third-order valence-electron chi connectivity index (χ3n) is 5.43. The van der Waals surface area contributed by atoms with Crippen molar-refractivity contribution in [3.05, 3.63) is 0 Å². The molecule has 0 amide bonds. The summed E-state index contributed by atoms with van der Waals surface area (Å²) in [6.07, 6.45) is 10.8. The zero-order valence-corrected chi connectivity index (χ0v) is 19.5. The first kappa shape index (κ1) is 24.5. The van der Waals surface area contributed by atoms with Crippen molar-refractivity contribution in [2.24, 2.45) is 4.99 Å². The van der Waals surface area contributed by atoms with Crippen LogP contribution in [0.3, 0.4) is 0 Å². The summed E-state index contributed by atoms with van der Waals surface area (Å²) in [5.41, 5.74) is 0. The monoisotopic (exact) mass is 494 g/mol. The molecule has 0 spiro atoms. The molecular formula is C20H39IN4O2. The van der Waals surface area contributed by atoms with Crippen molar-refractivity contribution in [1.82, 2.24) is 15.5 Å². The topological polar surface area (TPSA) is 66.0 Å². The molecule has 0 aromatic heterocycles. The summed E-state index contributed by atoms with van der Waals surface area (Å²) in [5, 5.41) is 6.85. The van der Waals surface area contributed by atoms with Gasteiger partial charge in [-0.2, -0.15) is 0 Å². The van der Waals surface area contributed by atoms with Gasteiger partial charge in [0.2, 0.25) is 0 Å². The molecule has 7 heteroatoms. The Balaban J connectivity index is 0.00000364. The molecule has 0 aromatic carbocycles. The smallest absolute Gasteiger partial charge is 0.306 e. The van der Waals surface area contributed by atoms with Crippen LogP contribution in [-0.4, -0.2) is 62.2 Å². The van der Waals surface area contributed by atoms with E-state index in [2.05, 4.69) is 27.4 Å². The van der Waals surface area contributed by atoms with Crippen molar-refractivity contribution in [2.45, 2.75) is 83.3 Å². The van der Waals surface area contributed by atoms with Crippen LogP contribution in [0.15, 0.2) is 4.99 Å². The average molecular weight is 494 g/mol. The maximum atomic E-state index is 11.8. The Morgan fingerprint density at radius 1 is 1.15 bits per heavy atom. The molecule has 2 rings (SSSR count). The number of carbonyl (C=O) groups excluding carboxylic acids is 1. The average Bonchev–Trinajstić information content (AvgIpc) is 3.16. The van der Waals surface area contributed by atoms with E-state index in [9.17, 15) is 4.79 Å². The van der Waals surface area contributed by atoms with Gasteiger partial charge in [-0.25, -0.2) is 0 Å². The first-order valence-electron chi connectivity index (χ1n) is 10.6. The van der Waals surface area contributed by atoms with Crippen LogP contribution < -0.4 is 10.6 Å². The predicted octanol–water partition coefficient (Wildman–Crippen LogP) is 3.30. The van der Waals surface area contributed by atoms with Crippen LogP contribution in [0.25, 0.3) is 0 Å². The molecule has 0 radical (unpaired) electrons. The van der Waals surface area contributed by atoms with Gasteiger partial charge in [0.05, 0.1) is 0 Å². The fourth-order valence-electron chi connectivity index (χ4n) is 3.76. The highest BCUT2D eigenvalue weighted by Crippen LogP contribution is 2.21. The number of esters is 1. The van der Waals surface area contributed by atoms with E-state index in [0.29, 0.717) is 12.5 Å². The molecule has 1 aliphatic heterocycles. The third kappa shape index (κ3) is 9.96. The fourth-order valence-corrected chi connectivity index (χ4v) is 3.76. The number of hydrogen-bond donors (Lipinski definition) is 2. The van der Waals surface area contributed by atoms with E-state index in [-0.39, 0.29) is 36.0 Å². The van der Waals surface area contributed by atoms with Gasteiger partial charge in [0.25, 0.3) is 0 Å². The quantitative estimate of drug-likeness (QED) is 0.169. The molecule has 1 saturated heterocycles. The predicted molar refractivity (Wildman–Crippen MR) is 122 cm³/mol. The highest BCUT2D eigenvalue weighted by molar-refractivity contribution is 14.0. The number of carbonyl (C=O) groups is 1. The van der Waals surface area contributed by atoms with Gasteiger partial charge in [0.1, 0.15) is 6.10 Å². The molecular weight excluding hydrogens is 455 g/mol. The lowest BCUT2D eigenvalue weighted by Crippen LogP contribution is -2.48. The molecule has 1 heterocycles. The van der Waals surface area contributed by atoms with Crippen molar-refractivity contribution >= 4 is 35.9 Å². The molecule has 2 aliphatic rings. The largest absolute Gasteiger partial charge is 0.462 e. The molecule has 0 unspecified atom stereocenters. The number of likely N-dealkylation sites (tertiary alicyclic amines) is 1. The SMILES string of the molecule is CCCCN1CCC(NC(=NC)NCCCC(=O)OC2CCCC2)CC1.I. The number of guanidine groups is 1. The molecule has 1 aliphatic carbocycles. The summed E-state index contributed by atoms with van der Waals surface area (Å²) in [7, 11) is 1.81. The zero-order chi connectivity index (χ0) is 18.6. The van der Waals surface area contributed by atoms with Crippen molar-refractivity contribution in [3.8, 4) is 0 Å². The maximum absolute atomic E-state index is 11.8. The van der Waals surface area contributed by atoms with Crippen LogP contribution in [0.5, 0.6) is 0 Å². The van der Waals surface area contributed by atoms with Crippen LogP contribution in [0, 0.1) is 0 Å². The molecule has 158 valence electrons. The summed E-state index contributed by atoms with van der Waals surface area (Å²) in [6.45, 7) is 6.56. The van der Waals surface area contributed by atoms with Crippen LogP contribution in [0.2, 0.25) is 0 Å². The molecule has 0 atom stereocenters. The van der Waals surface area contributed by atoms with E-state index in [1.165, 1.54) is 45.3 Å². The number of aliphatic imine (C=N–C) groups is 1. The number of nitrogens with zero attached hydrogens (tertiary/aromatic N) is 2. The Hall–Kier alpha value is -0.570. The first-order valence-corrected chi connectivity index (χ1v) is 10.6. The number of piperidine rings is 1. The number of ether oxygens (including phenoxy) is 1. The minimum absolute atomic E-state index is 0. The van der Waals surface area contributed by atoms with Crippen LogP contribution in [0.4, 0.5) is 0 Å². The van der Waals surface area contributed by atoms with Gasteiger partial charge < -0.3 is 20.3 Å². The van der Waals surface area contributed by atoms with E-state index < -0.39 is 0 Å². The Morgan fingerprint density at radius 2 is 1.85 bits per heavy atom. The van der Waals surface area contributed by atoms with Gasteiger partial charge in [-0.15, -0.1) is 24.0 Å². The molecule has 6 nitrogen and oxygen atoms in total. The maximum Gasteiger partial charge on any atom is 0.306 e. The lowest BCUT2D eigenvalue weighted by molar-refractivity contribution is -0.148. The Labute approximate surface area is 182 Å². The number of rotatable bonds is 9. The normalized spacial score (nSPS) is 19.6. The number of nitrogens with one attached hydrogen (secondary N) is 2. The first-order chi connectivity index (χ1) is 12.7. The highest BCUT2D eigenvalue weighted by Gasteiger charge is 2.20. The molecule has 1 saturated carbocycles. The van der Waals surface area contributed by atoms with Gasteiger partial charge in [-0.3, -0.25) is 9.79 Å². The number of halogens is 1. The molecule has 27 heavy (non-hydrogen) atoms. The summed E-state index contributed by atoms with van der Waals surface area (Å²) in [4.78, 5) is 18.7. The van der Waals surface area contributed by atoms with Crippen LogP contribution in [0.1, 0.15) is 71.1 Å². The minimum atomic E-state index is -0.0545. The number of unbranched alkanes of at least 4 members (excludes halogenated alkanes) is 1. The second-order valence-electron chi connectivity index (χ2n) is 7.61. The Bertz CT molecular complexity index is 434. The summed E-state index contributed by atoms with van der Waals surface area (Å²) >= 11 is 0.